The number of nitrogens with one attached hydrogen (secondary N) is 1. The molecule has 1 amide bonds. The number of cyclic esters (lactones) is 1. The molecule has 1 aliphatic heterocycles. The van der Waals surface area contributed by atoms with Crippen molar-refractivity contribution in [2.45, 2.75) is 20.0 Å². The molecule has 3 nitrogen and oxygen atoms in total. The molecule has 1 aromatic carbocycles. The van der Waals surface area contributed by atoms with E-state index in [2.05, 4.69) is 53.7 Å². The van der Waals surface area contributed by atoms with Crippen LogP contribution in [-0.2, 0) is 4.74 Å². The number of hydrogen-bond donors (Lipinski definition) is 1. The fourth-order valence-electron chi connectivity index (χ4n) is 1.19. The van der Waals surface area contributed by atoms with Gasteiger partial charge < -0.3 is 10.1 Å². The number of amides is 1. The maximum absolute atomic E-state index is 10.1. The van der Waals surface area contributed by atoms with Gasteiger partial charge in [0.25, 0.3) is 0 Å². The molecule has 0 aliphatic carbocycles. The lowest BCUT2D eigenvalue weighted by molar-refractivity contribution is 0.148. The molecule has 16 heavy (non-hydrogen) atoms. The number of carbonyl (C=O) groups excluding carboxylic acids is 1. The Labute approximate surface area is 101 Å². The quantitative estimate of drug-likeness (QED) is 0.707. The lowest BCUT2D eigenvalue weighted by atomic mass is 10.2. The summed E-state index contributed by atoms with van der Waals surface area (Å²) in [7, 11) is 5.39. The van der Waals surface area contributed by atoms with Gasteiger partial charge in [-0.1, -0.05) is 23.8 Å². The monoisotopic (exact) mass is 257 g/mol. The van der Waals surface area contributed by atoms with Gasteiger partial charge in [0.05, 0.1) is 6.54 Å². The second-order valence-corrected chi connectivity index (χ2v) is 4.97. The van der Waals surface area contributed by atoms with Gasteiger partial charge in [-0.15, -0.1) is 18.5 Å². The number of benzene rings is 1. The van der Waals surface area contributed by atoms with Crippen molar-refractivity contribution < 1.29 is 9.53 Å². The number of hydrogen-bond acceptors (Lipinski definition) is 2. The lowest BCUT2D eigenvalue weighted by Crippen LogP contribution is -2.12. The molecule has 88 valence electrons. The molecule has 5 heteroatoms. The van der Waals surface area contributed by atoms with Crippen molar-refractivity contribution >= 4 is 35.2 Å². The van der Waals surface area contributed by atoms with Crippen LogP contribution in [0, 0.1) is 6.92 Å². The third kappa shape index (κ3) is 4.47. The summed E-state index contributed by atoms with van der Waals surface area (Å²) in [5.41, 5.74) is 1.31. The van der Waals surface area contributed by atoms with Gasteiger partial charge in [-0.25, -0.2) is 4.79 Å². The SMILES string of the molecule is C[C@H]1CNC(=O)O1.Cc1ccc(P)c(P)c1. The standard InChI is InChI=1S/C7H10P2.C4H7NO2/c1-5-2-3-6(8)7(9)4-5;1-3-2-5-4(6)7-3/h2-4H,8-9H2,1H3;3H,2H2,1H3,(H,5,6)/t;3-/m.0/s1. The first-order valence-corrected chi connectivity index (χ1v) is 6.20. The van der Waals surface area contributed by atoms with E-state index in [9.17, 15) is 4.79 Å². The van der Waals surface area contributed by atoms with E-state index in [1.54, 1.807) is 0 Å². The molecule has 2 rings (SSSR count). The Kier molecular flexibility index (Phi) is 5.18. The molecular formula is C11H17NO2P2. The Morgan fingerprint density at radius 1 is 1.38 bits per heavy atom. The molecule has 0 radical (unpaired) electrons. The summed E-state index contributed by atoms with van der Waals surface area (Å²) in [6.45, 7) is 4.59. The van der Waals surface area contributed by atoms with Gasteiger partial charge in [0.1, 0.15) is 6.10 Å². The summed E-state index contributed by atoms with van der Waals surface area (Å²) < 4.78 is 4.61. The number of alkyl carbamates (subject to hydrolysis) is 1. The van der Waals surface area contributed by atoms with Gasteiger partial charge in [0.15, 0.2) is 0 Å². The summed E-state index contributed by atoms with van der Waals surface area (Å²) >= 11 is 0. The molecule has 2 unspecified atom stereocenters. The molecule has 1 aromatic rings. The van der Waals surface area contributed by atoms with Crippen molar-refractivity contribution in [1.29, 1.82) is 0 Å². The molecule has 0 saturated carbocycles. The second-order valence-electron chi connectivity index (χ2n) is 3.73. The minimum atomic E-state index is -0.299. The smallest absolute Gasteiger partial charge is 0.407 e. The molecule has 3 atom stereocenters. The van der Waals surface area contributed by atoms with E-state index in [-0.39, 0.29) is 12.2 Å². The third-order valence-electron chi connectivity index (χ3n) is 2.08. The Balaban J connectivity index is 0.000000165. The first-order chi connectivity index (χ1) is 7.49. The van der Waals surface area contributed by atoms with Crippen molar-refractivity contribution in [2.24, 2.45) is 0 Å². The molecule has 1 fully saturated rings. The number of aryl methyl sites for hydroxylation is 1. The van der Waals surface area contributed by atoms with E-state index in [1.165, 1.54) is 16.2 Å². The van der Waals surface area contributed by atoms with Crippen LogP contribution in [0.2, 0.25) is 0 Å². The molecule has 1 aliphatic rings. The predicted molar refractivity (Wildman–Crippen MR) is 73.8 cm³/mol. The van der Waals surface area contributed by atoms with Gasteiger partial charge in [-0.2, -0.15) is 0 Å². The first-order valence-electron chi connectivity index (χ1n) is 5.05. The average Bonchev–Trinajstić information content (AvgIpc) is 2.58. The summed E-state index contributed by atoms with van der Waals surface area (Å²) in [6.07, 6.45) is -0.236. The summed E-state index contributed by atoms with van der Waals surface area (Å²) in [5, 5.41) is 5.03. The van der Waals surface area contributed by atoms with Crippen LogP contribution in [-0.4, -0.2) is 18.7 Å². The Morgan fingerprint density at radius 2 is 2.06 bits per heavy atom. The van der Waals surface area contributed by atoms with Gasteiger partial charge in [0.2, 0.25) is 0 Å². The molecular weight excluding hydrogens is 240 g/mol. The minimum absolute atomic E-state index is 0.0625. The third-order valence-corrected chi connectivity index (χ3v) is 3.44. The highest BCUT2D eigenvalue weighted by Gasteiger charge is 2.16. The predicted octanol–water partition coefficient (Wildman–Crippen LogP) is 1.11. The van der Waals surface area contributed by atoms with Crippen molar-refractivity contribution in [1.82, 2.24) is 5.32 Å². The summed E-state index contributed by atoms with van der Waals surface area (Å²) in [6, 6.07) is 6.35. The van der Waals surface area contributed by atoms with E-state index in [1.807, 2.05) is 6.92 Å². The molecule has 1 heterocycles. The van der Waals surface area contributed by atoms with Crippen molar-refractivity contribution in [3.63, 3.8) is 0 Å². The number of carbonyl (C=O) groups is 1. The fourth-order valence-corrected chi connectivity index (χ4v) is 1.73. The zero-order chi connectivity index (χ0) is 12.1. The lowest BCUT2D eigenvalue weighted by Gasteiger charge is -1.98. The van der Waals surface area contributed by atoms with E-state index in [4.69, 9.17) is 0 Å². The van der Waals surface area contributed by atoms with Gasteiger partial charge in [0, 0.05) is 0 Å². The number of ether oxygens (including phenoxy) is 1. The number of rotatable bonds is 0. The average molecular weight is 257 g/mol. The van der Waals surface area contributed by atoms with E-state index >= 15 is 0 Å². The maximum Gasteiger partial charge on any atom is 0.407 e. The van der Waals surface area contributed by atoms with Crippen LogP contribution in [0.1, 0.15) is 12.5 Å². The second kappa shape index (κ2) is 6.18. The highest BCUT2D eigenvalue weighted by Crippen LogP contribution is 1.97. The summed E-state index contributed by atoms with van der Waals surface area (Å²) in [5.74, 6) is 0. The van der Waals surface area contributed by atoms with Gasteiger partial charge >= 0.3 is 6.09 Å². The van der Waals surface area contributed by atoms with Crippen LogP contribution in [0.15, 0.2) is 18.2 Å². The topological polar surface area (TPSA) is 38.3 Å². The molecule has 1 N–H and O–H groups in total. The zero-order valence-electron chi connectivity index (χ0n) is 9.49. The van der Waals surface area contributed by atoms with Gasteiger partial charge in [-0.3, -0.25) is 0 Å². The normalized spacial score (nSPS) is 18.2. The van der Waals surface area contributed by atoms with E-state index in [0.717, 1.165) is 0 Å². The Bertz CT molecular complexity index is 382. The molecule has 0 aromatic heterocycles. The summed E-state index contributed by atoms with van der Waals surface area (Å²) in [4.78, 5) is 10.1. The zero-order valence-corrected chi connectivity index (χ0v) is 11.8. The van der Waals surface area contributed by atoms with Crippen molar-refractivity contribution in [3.8, 4) is 0 Å². The fraction of sp³-hybridized carbons (Fsp3) is 0.364. The highest BCUT2D eigenvalue weighted by atomic mass is 31.0. The van der Waals surface area contributed by atoms with Gasteiger partial charge in [-0.05, 0) is 24.5 Å². The molecule has 0 spiro atoms. The van der Waals surface area contributed by atoms with E-state index in [0.29, 0.717) is 6.54 Å². The largest absolute Gasteiger partial charge is 0.445 e. The maximum atomic E-state index is 10.1. The Morgan fingerprint density at radius 3 is 2.38 bits per heavy atom. The molecule has 0 bridgehead atoms. The molecule has 1 saturated heterocycles. The first kappa shape index (κ1) is 13.4. The van der Waals surface area contributed by atoms with Crippen LogP contribution in [0.3, 0.4) is 0 Å². The Hall–Kier alpha value is -0.650. The van der Waals surface area contributed by atoms with Crippen molar-refractivity contribution in [2.75, 3.05) is 6.54 Å². The van der Waals surface area contributed by atoms with Crippen LogP contribution in [0.5, 0.6) is 0 Å². The van der Waals surface area contributed by atoms with E-state index < -0.39 is 0 Å². The minimum Gasteiger partial charge on any atom is -0.445 e. The van der Waals surface area contributed by atoms with Crippen LogP contribution in [0.25, 0.3) is 0 Å². The van der Waals surface area contributed by atoms with Crippen LogP contribution < -0.4 is 15.9 Å². The van der Waals surface area contributed by atoms with Crippen LogP contribution >= 0.6 is 18.5 Å². The van der Waals surface area contributed by atoms with Crippen molar-refractivity contribution in [3.05, 3.63) is 23.8 Å². The highest BCUT2D eigenvalue weighted by molar-refractivity contribution is 7.35. The van der Waals surface area contributed by atoms with Crippen LogP contribution in [0.4, 0.5) is 4.79 Å².